The number of hydrogen-bond acceptors (Lipinski definition) is 4. The molecule has 0 unspecified atom stereocenters. The summed E-state index contributed by atoms with van der Waals surface area (Å²) in [5.41, 5.74) is 0. The van der Waals surface area contributed by atoms with Gasteiger partial charge in [0.25, 0.3) is 0 Å². The smallest absolute Gasteiger partial charge is 0.363 e. The van der Waals surface area contributed by atoms with Crippen LogP contribution in [0.25, 0.3) is 0 Å². The van der Waals surface area contributed by atoms with Gasteiger partial charge in [-0.05, 0) is 28.1 Å². The fourth-order valence-corrected chi connectivity index (χ4v) is 1.22. The van der Waals surface area contributed by atoms with Crippen molar-refractivity contribution < 1.29 is 18.4 Å². The van der Waals surface area contributed by atoms with Crippen molar-refractivity contribution in [3.05, 3.63) is 58.3 Å². The van der Waals surface area contributed by atoms with E-state index in [1.165, 1.54) is 12.1 Å². The Morgan fingerprint density at radius 1 is 1.11 bits per heavy atom. The third-order valence-corrected chi connectivity index (χ3v) is 2.03. The van der Waals surface area contributed by atoms with Gasteiger partial charge in [0.2, 0.25) is 0 Å². The molecule has 0 atom stereocenters. The standard InChI is InChI=1S/C11H6F2N2O3/c12-9-3-1-7(5-10(9)13)18-8-2-4-11(14-6-8)15(16)17/h1-6H. The normalized spacial score (nSPS) is 10.1. The minimum atomic E-state index is -1.04. The third kappa shape index (κ3) is 2.57. The molecule has 0 fully saturated rings. The molecular formula is C11H6F2N2O3. The van der Waals surface area contributed by atoms with Crippen molar-refractivity contribution in [3.8, 4) is 11.5 Å². The van der Waals surface area contributed by atoms with Crippen LogP contribution < -0.4 is 4.74 Å². The maximum absolute atomic E-state index is 12.9. The van der Waals surface area contributed by atoms with Crippen molar-refractivity contribution in [3.63, 3.8) is 0 Å². The quantitative estimate of drug-likeness (QED) is 0.622. The molecular weight excluding hydrogens is 246 g/mol. The van der Waals surface area contributed by atoms with E-state index in [0.717, 1.165) is 24.4 Å². The molecule has 0 spiro atoms. The van der Waals surface area contributed by atoms with Crippen molar-refractivity contribution >= 4 is 5.82 Å². The molecule has 0 aliphatic carbocycles. The maximum atomic E-state index is 12.9. The van der Waals surface area contributed by atoms with Crippen LogP contribution in [0.1, 0.15) is 0 Å². The van der Waals surface area contributed by atoms with Gasteiger partial charge in [-0.2, -0.15) is 0 Å². The average Bonchev–Trinajstić information content (AvgIpc) is 2.34. The average molecular weight is 252 g/mol. The second kappa shape index (κ2) is 4.74. The van der Waals surface area contributed by atoms with Crippen LogP contribution in [0.2, 0.25) is 0 Å². The Morgan fingerprint density at radius 3 is 2.39 bits per heavy atom. The fraction of sp³-hybridized carbons (Fsp3) is 0. The predicted octanol–water partition coefficient (Wildman–Crippen LogP) is 3.06. The van der Waals surface area contributed by atoms with E-state index in [1.807, 2.05) is 0 Å². The van der Waals surface area contributed by atoms with Crippen molar-refractivity contribution in [1.82, 2.24) is 4.98 Å². The molecule has 0 aliphatic heterocycles. The van der Waals surface area contributed by atoms with Gasteiger partial charge in [-0.1, -0.05) is 0 Å². The minimum absolute atomic E-state index is 0.0737. The number of rotatable bonds is 3. The highest BCUT2D eigenvalue weighted by Gasteiger charge is 2.09. The van der Waals surface area contributed by atoms with E-state index in [-0.39, 0.29) is 17.3 Å². The number of nitro groups is 1. The topological polar surface area (TPSA) is 65.3 Å². The first-order valence-corrected chi connectivity index (χ1v) is 4.79. The highest BCUT2D eigenvalue weighted by atomic mass is 19.2. The van der Waals surface area contributed by atoms with Gasteiger partial charge in [-0.25, -0.2) is 8.78 Å². The zero-order valence-electron chi connectivity index (χ0n) is 8.84. The molecule has 18 heavy (non-hydrogen) atoms. The number of ether oxygens (including phenoxy) is 1. The lowest BCUT2D eigenvalue weighted by Crippen LogP contribution is -1.92. The lowest BCUT2D eigenvalue weighted by Gasteiger charge is -2.03. The number of aromatic nitrogens is 1. The molecule has 0 bridgehead atoms. The summed E-state index contributed by atoms with van der Waals surface area (Å²) >= 11 is 0. The second-order valence-electron chi connectivity index (χ2n) is 3.29. The second-order valence-corrected chi connectivity index (χ2v) is 3.29. The largest absolute Gasteiger partial charge is 0.453 e. The number of halogens is 2. The Balaban J connectivity index is 2.18. The van der Waals surface area contributed by atoms with Crippen LogP contribution in [0, 0.1) is 21.7 Å². The van der Waals surface area contributed by atoms with Gasteiger partial charge < -0.3 is 14.9 Å². The predicted molar refractivity (Wildman–Crippen MR) is 57.3 cm³/mol. The summed E-state index contributed by atoms with van der Waals surface area (Å²) in [6.45, 7) is 0. The Labute approximate surface area is 99.8 Å². The van der Waals surface area contributed by atoms with Gasteiger partial charge in [0.05, 0.1) is 0 Å². The zero-order chi connectivity index (χ0) is 13.1. The van der Waals surface area contributed by atoms with Gasteiger partial charge in [-0.15, -0.1) is 0 Å². The summed E-state index contributed by atoms with van der Waals surface area (Å²) in [5, 5.41) is 10.4. The van der Waals surface area contributed by atoms with Crippen LogP contribution >= 0.6 is 0 Å². The summed E-state index contributed by atoms with van der Waals surface area (Å²) in [6.07, 6.45) is 1.12. The van der Waals surface area contributed by atoms with E-state index < -0.39 is 16.6 Å². The molecule has 92 valence electrons. The summed E-state index contributed by atoms with van der Waals surface area (Å²) < 4.78 is 30.7. The summed E-state index contributed by atoms with van der Waals surface area (Å²) in [6, 6.07) is 5.49. The molecule has 0 aliphatic rings. The van der Waals surface area contributed by atoms with Crippen molar-refractivity contribution in [2.45, 2.75) is 0 Å². The lowest BCUT2D eigenvalue weighted by molar-refractivity contribution is -0.389. The molecule has 2 rings (SSSR count). The SMILES string of the molecule is O=[N+]([O-])c1ccc(Oc2ccc(F)c(F)c2)cn1. The van der Waals surface area contributed by atoms with E-state index in [9.17, 15) is 18.9 Å². The van der Waals surface area contributed by atoms with Crippen LogP contribution in [-0.2, 0) is 0 Å². The highest BCUT2D eigenvalue weighted by Crippen LogP contribution is 2.23. The molecule has 0 amide bonds. The van der Waals surface area contributed by atoms with Gasteiger partial charge in [-0.3, -0.25) is 0 Å². The van der Waals surface area contributed by atoms with E-state index in [2.05, 4.69) is 4.98 Å². The Kier molecular flexibility index (Phi) is 3.13. The minimum Gasteiger partial charge on any atom is -0.453 e. The molecule has 0 saturated heterocycles. The van der Waals surface area contributed by atoms with Gasteiger partial charge >= 0.3 is 5.82 Å². The Bertz CT molecular complexity index is 587. The number of pyridine rings is 1. The van der Waals surface area contributed by atoms with Crippen LogP contribution in [-0.4, -0.2) is 9.91 Å². The molecule has 7 heteroatoms. The maximum Gasteiger partial charge on any atom is 0.363 e. The first-order valence-electron chi connectivity index (χ1n) is 4.79. The molecule has 0 radical (unpaired) electrons. The Morgan fingerprint density at radius 2 is 1.83 bits per heavy atom. The molecule has 0 saturated carbocycles. The van der Waals surface area contributed by atoms with Gasteiger partial charge in [0, 0.05) is 12.1 Å². The number of benzene rings is 1. The highest BCUT2D eigenvalue weighted by molar-refractivity contribution is 5.32. The van der Waals surface area contributed by atoms with Crippen LogP contribution in [0.4, 0.5) is 14.6 Å². The van der Waals surface area contributed by atoms with E-state index >= 15 is 0 Å². The van der Waals surface area contributed by atoms with E-state index in [4.69, 9.17) is 4.74 Å². The molecule has 2 aromatic rings. The van der Waals surface area contributed by atoms with Gasteiger partial charge in [0.1, 0.15) is 5.75 Å². The first kappa shape index (κ1) is 11.9. The third-order valence-electron chi connectivity index (χ3n) is 2.03. The number of nitrogens with zero attached hydrogens (tertiary/aromatic N) is 2. The lowest BCUT2D eigenvalue weighted by atomic mass is 10.3. The van der Waals surface area contributed by atoms with Crippen LogP contribution in [0.3, 0.4) is 0 Å². The van der Waals surface area contributed by atoms with Crippen molar-refractivity contribution in [1.29, 1.82) is 0 Å². The Hall–Kier alpha value is -2.57. The molecule has 0 N–H and O–H groups in total. The van der Waals surface area contributed by atoms with Crippen molar-refractivity contribution in [2.24, 2.45) is 0 Å². The zero-order valence-corrected chi connectivity index (χ0v) is 8.84. The van der Waals surface area contributed by atoms with E-state index in [0.29, 0.717) is 0 Å². The fourth-order valence-electron chi connectivity index (χ4n) is 1.22. The summed E-state index contributed by atoms with van der Waals surface area (Å²) in [4.78, 5) is 13.2. The molecule has 1 heterocycles. The number of hydrogen-bond donors (Lipinski definition) is 0. The van der Waals surface area contributed by atoms with Crippen LogP contribution in [0.15, 0.2) is 36.5 Å². The van der Waals surface area contributed by atoms with Gasteiger partial charge in [0.15, 0.2) is 23.6 Å². The molecule has 1 aromatic heterocycles. The monoisotopic (exact) mass is 252 g/mol. The molecule has 1 aromatic carbocycles. The first-order chi connectivity index (χ1) is 8.56. The van der Waals surface area contributed by atoms with Crippen LogP contribution in [0.5, 0.6) is 11.5 Å². The molecule has 5 nitrogen and oxygen atoms in total. The summed E-state index contributed by atoms with van der Waals surface area (Å²) in [5.74, 6) is -2.09. The summed E-state index contributed by atoms with van der Waals surface area (Å²) in [7, 11) is 0. The van der Waals surface area contributed by atoms with Crippen molar-refractivity contribution in [2.75, 3.05) is 0 Å². The van der Waals surface area contributed by atoms with E-state index in [1.54, 1.807) is 0 Å².